The number of hydrogen-bond acceptors (Lipinski definition) is 4. The fourth-order valence-electron chi connectivity index (χ4n) is 2.00. The molecule has 2 aromatic rings. The molecule has 0 fully saturated rings. The Hall–Kier alpha value is -2.45. The monoisotopic (exact) mass is 352 g/mol. The van der Waals surface area contributed by atoms with Gasteiger partial charge in [0.1, 0.15) is 16.5 Å². The van der Waals surface area contributed by atoms with Gasteiger partial charge in [-0.1, -0.05) is 24.3 Å². The minimum Gasteiger partial charge on any atom is -0.495 e. The lowest BCUT2D eigenvalue weighted by molar-refractivity contribution is -0.117. The van der Waals surface area contributed by atoms with Gasteiger partial charge in [0.15, 0.2) is 0 Å². The van der Waals surface area contributed by atoms with Crippen molar-refractivity contribution in [2.24, 2.45) is 0 Å². The van der Waals surface area contributed by atoms with Crippen molar-refractivity contribution in [2.75, 3.05) is 12.4 Å². The molecule has 6 nitrogen and oxygen atoms in total. The van der Waals surface area contributed by atoms with Crippen molar-refractivity contribution in [3.8, 4) is 5.75 Å². The fourth-order valence-corrected chi connectivity index (χ4v) is 3.28. The minimum absolute atomic E-state index is 0.405. The number of ether oxygens (including phenoxy) is 1. The molecule has 0 unspecified atom stereocenters. The largest absolute Gasteiger partial charge is 0.495 e. The number of halogens is 1. The second-order valence-corrected chi connectivity index (χ2v) is 6.65. The highest BCUT2D eigenvalue weighted by molar-refractivity contribution is 7.89. The van der Waals surface area contributed by atoms with E-state index >= 15 is 0 Å². The summed E-state index contributed by atoms with van der Waals surface area (Å²) in [5, 5.41) is 2.57. The zero-order valence-electron chi connectivity index (χ0n) is 13.1. The number of carbonyl (C=O) groups is 1. The Bertz CT molecular complexity index is 839. The number of rotatable bonds is 6. The van der Waals surface area contributed by atoms with Crippen LogP contribution in [0.3, 0.4) is 0 Å². The van der Waals surface area contributed by atoms with Crippen molar-refractivity contribution in [1.82, 2.24) is 4.72 Å². The van der Waals surface area contributed by atoms with Crippen LogP contribution in [0.1, 0.15) is 6.92 Å². The highest BCUT2D eigenvalue weighted by atomic mass is 32.2. The first-order valence-corrected chi connectivity index (χ1v) is 8.54. The molecule has 0 bridgehead atoms. The summed E-state index contributed by atoms with van der Waals surface area (Å²) in [7, 11) is -2.71. The molecule has 0 saturated heterocycles. The van der Waals surface area contributed by atoms with Crippen LogP contribution in [0, 0.1) is 5.82 Å². The molecule has 0 aliphatic rings. The number of anilines is 1. The highest BCUT2D eigenvalue weighted by Gasteiger charge is 2.24. The third-order valence-corrected chi connectivity index (χ3v) is 4.79. The van der Waals surface area contributed by atoms with Gasteiger partial charge < -0.3 is 10.1 Å². The molecule has 1 amide bonds. The van der Waals surface area contributed by atoms with E-state index in [9.17, 15) is 17.6 Å². The van der Waals surface area contributed by atoms with Crippen LogP contribution >= 0.6 is 0 Å². The van der Waals surface area contributed by atoms with Crippen molar-refractivity contribution in [3.63, 3.8) is 0 Å². The Balaban J connectivity index is 2.13. The van der Waals surface area contributed by atoms with Crippen LogP contribution in [0.2, 0.25) is 0 Å². The zero-order valence-corrected chi connectivity index (χ0v) is 13.9. The van der Waals surface area contributed by atoms with Gasteiger partial charge in [-0.25, -0.2) is 12.8 Å². The maximum Gasteiger partial charge on any atom is 0.244 e. The van der Waals surface area contributed by atoms with E-state index in [1.54, 1.807) is 24.3 Å². The van der Waals surface area contributed by atoms with Gasteiger partial charge in [-0.2, -0.15) is 4.72 Å². The zero-order chi connectivity index (χ0) is 17.7. The van der Waals surface area contributed by atoms with Gasteiger partial charge in [0.25, 0.3) is 0 Å². The summed E-state index contributed by atoms with van der Waals surface area (Å²) < 4.78 is 45.3. The molecule has 8 heteroatoms. The van der Waals surface area contributed by atoms with E-state index in [0.717, 1.165) is 12.1 Å². The standard InChI is InChI=1S/C16H17FN2O4S/c1-11(16(20)18-13-8-4-5-9-14(13)23-2)19-24(21,22)15-10-6-3-7-12(15)17/h3-11,19H,1-2H3,(H,18,20)/t11-/m1/s1. The topological polar surface area (TPSA) is 84.5 Å². The molecule has 0 spiro atoms. The lowest BCUT2D eigenvalue weighted by atomic mass is 10.2. The lowest BCUT2D eigenvalue weighted by Gasteiger charge is -2.16. The highest BCUT2D eigenvalue weighted by Crippen LogP contribution is 2.23. The van der Waals surface area contributed by atoms with Gasteiger partial charge in [0.2, 0.25) is 15.9 Å². The summed E-state index contributed by atoms with van der Waals surface area (Å²) in [6, 6.07) is 10.5. The van der Waals surface area contributed by atoms with Gasteiger partial charge in [0, 0.05) is 0 Å². The van der Waals surface area contributed by atoms with Gasteiger partial charge in [-0.05, 0) is 31.2 Å². The van der Waals surface area contributed by atoms with Crippen molar-refractivity contribution in [1.29, 1.82) is 0 Å². The normalized spacial score (nSPS) is 12.5. The molecule has 2 aromatic carbocycles. The van der Waals surface area contributed by atoms with E-state index in [-0.39, 0.29) is 0 Å². The summed E-state index contributed by atoms with van der Waals surface area (Å²) in [4.78, 5) is 11.7. The summed E-state index contributed by atoms with van der Waals surface area (Å²) in [5.74, 6) is -1.04. The van der Waals surface area contributed by atoms with Crippen molar-refractivity contribution in [3.05, 3.63) is 54.3 Å². The number of hydrogen-bond donors (Lipinski definition) is 2. The van der Waals surface area contributed by atoms with Crippen LogP contribution in [-0.2, 0) is 14.8 Å². The second kappa shape index (κ2) is 7.41. The molecule has 0 aliphatic heterocycles. The molecule has 0 heterocycles. The lowest BCUT2D eigenvalue weighted by Crippen LogP contribution is -2.41. The van der Waals surface area contributed by atoms with Crippen LogP contribution < -0.4 is 14.8 Å². The first kappa shape index (κ1) is 17.9. The average Bonchev–Trinajstić information content (AvgIpc) is 2.55. The van der Waals surface area contributed by atoms with E-state index in [2.05, 4.69) is 10.0 Å². The fraction of sp³-hybridized carbons (Fsp3) is 0.188. The first-order chi connectivity index (χ1) is 11.3. The van der Waals surface area contributed by atoms with E-state index in [1.165, 1.54) is 26.2 Å². The summed E-state index contributed by atoms with van der Waals surface area (Å²) in [5.41, 5.74) is 0.405. The number of para-hydroxylation sites is 2. The number of carbonyl (C=O) groups excluding carboxylic acids is 1. The predicted octanol–water partition coefficient (Wildman–Crippen LogP) is 2.14. The summed E-state index contributed by atoms with van der Waals surface area (Å²) in [6.07, 6.45) is 0. The predicted molar refractivity (Wildman–Crippen MR) is 87.8 cm³/mol. The maximum absolute atomic E-state index is 13.6. The van der Waals surface area contributed by atoms with Crippen LogP contribution in [0.5, 0.6) is 5.75 Å². The van der Waals surface area contributed by atoms with E-state index in [4.69, 9.17) is 4.74 Å². The molecule has 0 aromatic heterocycles. The van der Waals surface area contributed by atoms with E-state index < -0.39 is 32.7 Å². The molecular weight excluding hydrogens is 335 g/mol. The second-order valence-electron chi connectivity index (χ2n) is 4.96. The number of nitrogens with one attached hydrogen (secondary N) is 2. The average molecular weight is 352 g/mol. The molecule has 0 saturated carbocycles. The Labute approximate surface area is 139 Å². The first-order valence-electron chi connectivity index (χ1n) is 7.06. The van der Waals surface area contributed by atoms with Gasteiger partial charge >= 0.3 is 0 Å². The Morgan fingerprint density at radius 2 is 1.75 bits per heavy atom. The maximum atomic E-state index is 13.6. The van der Waals surface area contributed by atoms with Crippen LogP contribution in [-0.4, -0.2) is 27.5 Å². The van der Waals surface area contributed by atoms with Crippen molar-refractivity contribution >= 4 is 21.6 Å². The third kappa shape index (κ3) is 4.09. The Morgan fingerprint density at radius 3 is 2.42 bits per heavy atom. The van der Waals surface area contributed by atoms with Crippen LogP contribution in [0.15, 0.2) is 53.4 Å². The SMILES string of the molecule is COc1ccccc1NC(=O)[C@@H](C)NS(=O)(=O)c1ccccc1F. The van der Waals surface area contributed by atoms with E-state index in [0.29, 0.717) is 11.4 Å². The Kier molecular flexibility index (Phi) is 5.53. The number of benzene rings is 2. The molecular formula is C16H17FN2O4S. The van der Waals surface area contributed by atoms with Crippen molar-refractivity contribution in [2.45, 2.75) is 17.9 Å². The molecule has 1 atom stereocenters. The van der Waals surface area contributed by atoms with Crippen molar-refractivity contribution < 1.29 is 22.3 Å². The number of amides is 1. The summed E-state index contributed by atoms with van der Waals surface area (Å²) >= 11 is 0. The molecule has 0 aliphatic carbocycles. The molecule has 0 radical (unpaired) electrons. The Morgan fingerprint density at radius 1 is 1.12 bits per heavy atom. The smallest absolute Gasteiger partial charge is 0.244 e. The molecule has 2 rings (SSSR count). The third-order valence-electron chi connectivity index (χ3n) is 3.22. The number of sulfonamides is 1. The minimum atomic E-state index is -4.16. The van der Waals surface area contributed by atoms with Crippen LogP contribution in [0.25, 0.3) is 0 Å². The molecule has 128 valence electrons. The van der Waals surface area contributed by atoms with Gasteiger partial charge in [0.05, 0.1) is 18.8 Å². The van der Waals surface area contributed by atoms with Gasteiger partial charge in [-0.15, -0.1) is 0 Å². The van der Waals surface area contributed by atoms with Gasteiger partial charge in [-0.3, -0.25) is 4.79 Å². The quantitative estimate of drug-likeness (QED) is 0.834. The van der Waals surface area contributed by atoms with Crippen LogP contribution in [0.4, 0.5) is 10.1 Å². The molecule has 24 heavy (non-hydrogen) atoms. The number of methoxy groups -OCH3 is 1. The summed E-state index contributed by atoms with van der Waals surface area (Å²) in [6.45, 7) is 1.36. The van der Waals surface area contributed by atoms with E-state index in [1.807, 2.05) is 0 Å². The molecule has 2 N–H and O–H groups in total.